The Morgan fingerprint density at radius 1 is 1.07 bits per heavy atom. The molecule has 0 atom stereocenters. The van der Waals surface area contributed by atoms with Crippen molar-refractivity contribution in [3.05, 3.63) is 70.8 Å². The van der Waals surface area contributed by atoms with Crippen LogP contribution in [0.4, 0.5) is 8.78 Å². The molecular formula is C20H14ClF2N3S. The lowest BCUT2D eigenvalue weighted by atomic mass is 10.1. The number of thiophene rings is 1. The van der Waals surface area contributed by atoms with Crippen LogP contribution < -0.4 is 0 Å². The summed E-state index contributed by atoms with van der Waals surface area (Å²) < 4.78 is 29.0. The van der Waals surface area contributed by atoms with Crippen LogP contribution in [-0.4, -0.2) is 14.8 Å². The molecule has 27 heavy (non-hydrogen) atoms. The topological polar surface area (TPSA) is 30.7 Å². The number of aromatic nitrogens is 3. The monoisotopic (exact) mass is 401 g/mol. The van der Waals surface area contributed by atoms with Crippen molar-refractivity contribution in [3.63, 3.8) is 0 Å². The first-order valence-electron chi connectivity index (χ1n) is 8.16. The zero-order valence-corrected chi connectivity index (χ0v) is 16.1. The second-order valence-corrected chi connectivity index (χ2v) is 7.57. The fourth-order valence-electron chi connectivity index (χ4n) is 2.86. The molecule has 0 aliphatic rings. The number of hydrogen-bond acceptors (Lipinski definition) is 3. The second-order valence-electron chi connectivity index (χ2n) is 6.11. The number of nitrogens with zero attached hydrogens (tertiary/aromatic N) is 3. The van der Waals surface area contributed by atoms with E-state index in [2.05, 4.69) is 10.1 Å². The summed E-state index contributed by atoms with van der Waals surface area (Å²) in [5, 5.41) is 4.62. The molecule has 0 spiro atoms. The van der Waals surface area contributed by atoms with E-state index in [0.717, 1.165) is 20.9 Å². The van der Waals surface area contributed by atoms with Crippen molar-refractivity contribution in [2.45, 2.75) is 6.92 Å². The van der Waals surface area contributed by atoms with Gasteiger partial charge in [0.25, 0.3) is 0 Å². The van der Waals surface area contributed by atoms with Gasteiger partial charge >= 0.3 is 0 Å². The summed E-state index contributed by atoms with van der Waals surface area (Å²) in [5.41, 5.74) is 2.13. The summed E-state index contributed by atoms with van der Waals surface area (Å²) in [6.07, 6.45) is 0. The van der Waals surface area contributed by atoms with Gasteiger partial charge in [0.05, 0.1) is 15.5 Å². The summed E-state index contributed by atoms with van der Waals surface area (Å²) in [6.45, 7) is 1.98. The smallest absolute Gasteiger partial charge is 0.186 e. The first kappa shape index (κ1) is 17.8. The lowest BCUT2D eigenvalue weighted by Gasteiger charge is -2.00. The second kappa shape index (κ2) is 6.87. The zero-order chi connectivity index (χ0) is 19.1. The fraction of sp³-hybridized carbons (Fsp3) is 0.100. The summed E-state index contributed by atoms with van der Waals surface area (Å²) in [4.78, 5) is 6.45. The molecule has 0 unspecified atom stereocenters. The Bertz CT molecular complexity index is 1110. The fourth-order valence-corrected chi connectivity index (χ4v) is 4.31. The van der Waals surface area contributed by atoms with Crippen LogP contribution in [0.5, 0.6) is 0 Å². The molecule has 2 heterocycles. The maximum atomic E-state index is 14.2. The number of halogens is 3. The summed E-state index contributed by atoms with van der Waals surface area (Å²) in [7, 11) is 1.76. The predicted molar refractivity (Wildman–Crippen MR) is 105 cm³/mol. The van der Waals surface area contributed by atoms with Crippen LogP contribution in [-0.2, 0) is 7.05 Å². The zero-order valence-electron chi connectivity index (χ0n) is 14.5. The van der Waals surface area contributed by atoms with Crippen molar-refractivity contribution < 1.29 is 8.78 Å². The van der Waals surface area contributed by atoms with E-state index in [1.165, 1.54) is 29.5 Å². The summed E-state index contributed by atoms with van der Waals surface area (Å²) >= 11 is 7.67. The average molecular weight is 402 g/mol. The molecule has 0 fully saturated rings. The van der Waals surface area contributed by atoms with E-state index in [9.17, 15) is 8.78 Å². The SMILES string of the molecule is Cc1cc(-c2ccc(F)cc2)sc1-c1nc(-c2c(F)cccc2Cl)nn1C. The molecule has 0 saturated heterocycles. The predicted octanol–water partition coefficient (Wildman–Crippen LogP) is 6.12. The highest BCUT2D eigenvalue weighted by atomic mass is 35.5. The maximum Gasteiger partial charge on any atom is 0.186 e. The van der Waals surface area contributed by atoms with Gasteiger partial charge in [0.1, 0.15) is 11.6 Å². The molecule has 136 valence electrons. The molecule has 2 aromatic heterocycles. The quantitative estimate of drug-likeness (QED) is 0.414. The van der Waals surface area contributed by atoms with Crippen LogP contribution in [0.25, 0.3) is 32.5 Å². The van der Waals surface area contributed by atoms with Crippen molar-refractivity contribution >= 4 is 22.9 Å². The van der Waals surface area contributed by atoms with Crippen molar-refractivity contribution in [1.82, 2.24) is 14.8 Å². The Labute approximate surface area is 163 Å². The Morgan fingerprint density at radius 2 is 1.81 bits per heavy atom. The standard InChI is InChI=1S/C20H14ClF2N3S/c1-11-10-16(12-6-8-13(22)9-7-12)27-18(11)20-24-19(25-26(20)2)17-14(21)4-3-5-15(17)23/h3-10H,1-2H3. The van der Waals surface area contributed by atoms with Crippen molar-refractivity contribution in [1.29, 1.82) is 0 Å². The van der Waals surface area contributed by atoms with Crippen LogP contribution in [0.15, 0.2) is 48.5 Å². The molecule has 0 radical (unpaired) electrons. The molecule has 0 bridgehead atoms. The van der Waals surface area contributed by atoms with Gasteiger partial charge in [0.2, 0.25) is 0 Å². The molecule has 0 N–H and O–H groups in total. The van der Waals surface area contributed by atoms with Gasteiger partial charge in [-0.2, -0.15) is 5.10 Å². The summed E-state index contributed by atoms with van der Waals surface area (Å²) in [6, 6.07) is 12.9. The highest BCUT2D eigenvalue weighted by Gasteiger charge is 2.20. The molecule has 0 amide bonds. The van der Waals surface area contributed by atoms with Gasteiger partial charge in [0.15, 0.2) is 11.6 Å². The third-order valence-corrected chi connectivity index (χ3v) is 5.80. The van der Waals surface area contributed by atoms with Gasteiger partial charge in [-0.05, 0) is 48.4 Å². The van der Waals surface area contributed by atoms with Crippen LogP contribution in [0.2, 0.25) is 5.02 Å². The number of hydrogen-bond donors (Lipinski definition) is 0. The van der Waals surface area contributed by atoms with E-state index < -0.39 is 5.82 Å². The van der Waals surface area contributed by atoms with Gasteiger partial charge in [-0.15, -0.1) is 11.3 Å². The Kier molecular flexibility index (Phi) is 4.53. The van der Waals surface area contributed by atoms with Gasteiger partial charge in [0, 0.05) is 11.9 Å². The molecule has 4 rings (SSSR count). The van der Waals surface area contributed by atoms with E-state index in [1.54, 1.807) is 36.0 Å². The number of aryl methyl sites for hydroxylation is 2. The lowest BCUT2D eigenvalue weighted by molar-refractivity contribution is 0.628. The average Bonchev–Trinajstić information content (AvgIpc) is 3.18. The molecule has 0 aliphatic heterocycles. The molecule has 0 saturated carbocycles. The lowest BCUT2D eigenvalue weighted by Crippen LogP contribution is -1.94. The highest BCUT2D eigenvalue weighted by molar-refractivity contribution is 7.19. The Hall–Kier alpha value is -2.57. The highest BCUT2D eigenvalue weighted by Crippen LogP contribution is 2.38. The van der Waals surface area contributed by atoms with Gasteiger partial charge in [-0.3, -0.25) is 0 Å². The number of benzene rings is 2. The van der Waals surface area contributed by atoms with Gasteiger partial charge in [-0.1, -0.05) is 29.8 Å². The van der Waals surface area contributed by atoms with E-state index in [-0.39, 0.29) is 22.2 Å². The van der Waals surface area contributed by atoms with Crippen LogP contribution >= 0.6 is 22.9 Å². The van der Waals surface area contributed by atoms with Crippen molar-refractivity contribution in [3.8, 4) is 32.5 Å². The van der Waals surface area contributed by atoms with Crippen LogP contribution in [0.3, 0.4) is 0 Å². The first-order valence-corrected chi connectivity index (χ1v) is 9.35. The molecule has 7 heteroatoms. The van der Waals surface area contributed by atoms with E-state index in [0.29, 0.717) is 5.82 Å². The Morgan fingerprint density at radius 3 is 2.52 bits per heavy atom. The Balaban J connectivity index is 1.79. The first-order chi connectivity index (χ1) is 12.9. The van der Waals surface area contributed by atoms with Gasteiger partial charge in [-0.25, -0.2) is 18.4 Å². The number of rotatable bonds is 3. The van der Waals surface area contributed by atoms with Crippen LogP contribution in [0.1, 0.15) is 5.56 Å². The largest absolute Gasteiger partial charge is 0.248 e. The minimum absolute atomic E-state index is 0.189. The van der Waals surface area contributed by atoms with Gasteiger partial charge < -0.3 is 0 Å². The van der Waals surface area contributed by atoms with Crippen molar-refractivity contribution in [2.75, 3.05) is 0 Å². The normalized spacial score (nSPS) is 11.1. The van der Waals surface area contributed by atoms with E-state index >= 15 is 0 Å². The third kappa shape index (κ3) is 3.26. The van der Waals surface area contributed by atoms with Crippen molar-refractivity contribution in [2.24, 2.45) is 7.05 Å². The molecular weight excluding hydrogens is 388 g/mol. The molecule has 0 aliphatic carbocycles. The minimum Gasteiger partial charge on any atom is -0.248 e. The third-order valence-electron chi connectivity index (χ3n) is 4.20. The van der Waals surface area contributed by atoms with E-state index in [1.807, 2.05) is 13.0 Å². The van der Waals surface area contributed by atoms with E-state index in [4.69, 9.17) is 11.6 Å². The molecule has 2 aromatic carbocycles. The summed E-state index contributed by atoms with van der Waals surface area (Å²) in [5.74, 6) is 0.133. The minimum atomic E-state index is -0.463. The molecule has 3 nitrogen and oxygen atoms in total. The van der Waals surface area contributed by atoms with Crippen LogP contribution in [0, 0.1) is 18.6 Å². The maximum absolute atomic E-state index is 14.2. The molecule has 4 aromatic rings.